The van der Waals surface area contributed by atoms with Crippen LogP contribution >= 0.6 is 0 Å². The van der Waals surface area contributed by atoms with E-state index >= 15 is 0 Å². The summed E-state index contributed by atoms with van der Waals surface area (Å²) in [6.07, 6.45) is 0. The number of para-hydroxylation sites is 3. The van der Waals surface area contributed by atoms with Crippen molar-refractivity contribution < 1.29 is 13.3 Å². The van der Waals surface area contributed by atoms with Crippen molar-refractivity contribution in [3.05, 3.63) is 231 Å². The van der Waals surface area contributed by atoms with Crippen LogP contribution in [0.2, 0.25) is 0 Å². The minimum absolute atomic E-state index is 0.804. The molecule has 314 valence electrons. The molecule has 0 spiro atoms. The number of benzene rings is 10. The van der Waals surface area contributed by atoms with Crippen LogP contribution in [0.3, 0.4) is 0 Å². The number of anilines is 3. The summed E-state index contributed by atoms with van der Waals surface area (Å²) in [5.74, 6) is 0. The zero-order valence-corrected chi connectivity index (χ0v) is 36.1. The van der Waals surface area contributed by atoms with Gasteiger partial charge in [0.2, 0.25) is 5.71 Å². The van der Waals surface area contributed by atoms with E-state index in [1.807, 2.05) is 12.1 Å². The Hall–Kier alpha value is -9.06. The number of fused-ring (bicyclic) bond motifs is 11. The predicted molar refractivity (Wildman–Crippen MR) is 276 cm³/mol. The molecular formula is C62H38N2O3. The summed E-state index contributed by atoms with van der Waals surface area (Å²) in [6.45, 7) is 0. The SMILES string of the molecule is c1ccc(-c2ccc(N(c3ccc4c(c3)oc3cc(-c5ccc6oc7c(-c8ccccc8)c8ccccc8n7c6c5)ccc34)c3cccc4c3oc3c(-c5ccccc5)cccc34)cc2)cc1. The largest absolute Gasteiger partial charge is 0.456 e. The van der Waals surface area contributed by atoms with E-state index < -0.39 is 0 Å². The summed E-state index contributed by atoms with van der Waals surface area (Å²) in [5, 5.41) is 5.42. The highest BCUT2D eigenvalue weighted by Crippen LogP contribution is 2.46. The molecule has 0 aliphatic heterocycles. The molecule has 0 amide bonds. The Morgan fingerprint density at radius 1 is 0.313 bits per heavy atom. The molecule has 0 fully saturated rings. The van der Waals surface area contributed by atoms with Crippen LogP contribution in [0.5, 0.6) is 0 Å². The third kappa shape index (κ3) is 5.88. The fourth-order valence-corrected chi connectivity index (χ4v) is 10.3. The first-order valence-corrected chi connectivity index (χ1v) is 22.6. The zero-order chi connectivity index (χ0) is 44.0. The number of nitrogens with zero attached hydrogens (tertiary/aromatic N) is 2. The van der Waals surface area contributed by atoms with E-state index in [-0.39, 0.29) is 0 Å². The van der Waals surface area contributed by atoms with Crippen molar-refractivity contribution in [1.29, 1.82) is 0 Å². The van der Waals surface area contributed by atoms with E-state index in [9.17, 15) is 0 Å². The molecule has 0 atom stereocenters. The maximum Gasteiger partial charge on any atom is 0.213 e. The Morgan fingerprint density at radius 2 is 0.896 bits per heavy atom. The van der Waals surface area contributed by atoms with Crippen LogP contribution in [0.25, 0.3) is 116 Å². The number of hydrogen-bond acceptors (Lipinski definition) is 4. The number of rotatable bonds is 7. The maximum absolute atomic E-state index is 6.99. The monoisotopic (exact) mass is 858 g/mol. The lowest BCUT2D eigenvalue weighted by Gasteiger charge is -2.25. The minimum Gasteiger partial charge on any atom is -0.456 e. The lowest BCUT2D eigenvalue weighted by molar-refractivity contribution is 0.658. The number of aromatic nitrogens is 1. The van der Waals surface area contributed by atoms with Crippen molar-refractivity contribution >= 4 is 88.7 Å². The van der Waals surface area contributed by atoms with Crippen molar-refractivity contribution in [2.24, 2.45) is 0 Å². The first kappa shape index (κ1) is 37.3. The second kappa shape index (κ2) is 14.7. The Bertz CT molecular complexity index is 4200. The van der Waals surface area contributed by atoms with Crippen molar-refractivity contribution in [2.75, 3.05) is 4.90 Å². The quantitative estimate of drug-likeness (QED) is 0.160. The third-order valence-corrected chi connectivity index (χ3v) is 13.4. The second-order valence-corrected chi connectivity index (χ2v) is 17.2. The fraction of sp³-hybridized carbons (Fsp3) is 0. The molecule has 0 saturated heterocycles. The number of furan rings is 2. The highest BCUT2D eigenvalue weighted by molar-refractivity contribution is 6.14. The molecule has 4 heterocycles. The molecule has 0 saturated carbocycles. The summed E-state index contributed by atoms with van der Waals surface area (Å²) < 4.78 is 22.7. The minimum atomic E-state index is 0.804. The summed E-state index contributed by atoms with van der Waals surface area (Å²) in [4.78, 5) is 2.29. The highest BCUT2D eigenvalue weighted by Gasteiger charge is 2.23. The van der Waals surface area contributed by atoms with Gasteiger partial charge >= 0.3 is 0 Å². The molecule has 0 aliphatic rings. The van der Waals surface area contributed by atoms with Crippen LogP contribution in [-0.2, 0) is 0 Å². The van der Waals surface area contributed by atoms with Gasteiger partial charge in [0.1, 0.15) is 16.7 Å². The summed E-state index contributed by atoms with van der Waals surface area (Å²) >= 11 is 0. The Balaban J connectivity index is 0.902. The normalized spacial score (nSPS) is 11.9. The molecule has 5 heteroatoms. The lowest BCUT2D eigenvalue weighted by atomic mass is 10.0. The Labute approximate surface area is 384 Å². The van der Waals surface area contributed by atoms with Gasteiger partial charge in [-0.2, -0.15) is 0 Å². The highest BCUT2D eigenvalue weighted by atomic mass is 16.3. The van der Waals surface area contributed by atoms with E-state index in [2.05, 4.69) is 228 Å². The van der Waals surface area contributed by atoms with E-state index in [0.717, 1.165) is 128 Å². The zero-order valence-electron chi connectivity index (χ0n) is 36.1. The first-order valence-electron chi connectivity index (χ1n) is 22.6. The molecule has 0 radical (unpaired) electrons. The topological polar surface area (TPSA) is 47.1 Å². The van der Waals surface area contributed by atoms with Crippen molar-refractivity contribution in [3.63, 3.8) is 0 Å². The van der Waals surface area contributed by atoms with Crippen molar-refractivity contribution in [1.82, 2.24) is 4.40 Å². The van der Waals surface area contributed by atoms with E-state index in [1.54, 1.807) is 0 Å². The number of oxazole rings is 1. The molecule has 0 aliphatic carbocycles. The van der Waals surface area contributed by atoms with Gasteiger partial charge in [-0.25, -0.2) is 0 Å². The van der Waals surface area contributed by atoms with Gasteiger partial charge in [0.25, 0.3) is 0 Å². The van der Waals surface area contributed by atoms with Crippen LogP contribution in [0.15, 0.2) is 244 Å². The van der Waals surface area contributed by atoms with Crippen LogP contribution in [0, 0.1) is 0 Å². The molecule has 10 aromatic carbocycles. The first-order chi connectivity index (χ1) is 33.2. The fourth-order valence-electron chi connectivity index (χ4n) is 10.3. The Morgan fingerprint density at radius 3 is 1.69 bits per heavy atom. The van der Waals surface area contributed by atoms with Crippen LogP contribution in [0.4, 0.5) is 17.1 Å². The van der Waals surface area contributed by atoms with E-state index in [0.29, 0.717) is 0 Å². The van der Waals surface area contributed by atoms with Gasteiger partial charge in [-0.05, 0) is 94.0 Å². The lowest BCUT2D eigenvalue weighted by Crippen LogP contribution is -2.10. The van der Waals surface area contributed by atoms with Crippen LogP contribution in [0.1, 0.15) is 0 Å². The van der Waals surface area contributed by atoms with Crippen LogP contribution in [-0.4, -0.2) is 4.40 Å². The van der Waals surface area contributed by atoms with Crippen molar-refractivity contribution in [3.8, 4) is 44.5 Å². The summed E-state index contributed by atoms with van der Waals surface area (Å²) in [7, 11) is 0. The van der Waals surface area contributed by atoms with Gasteiger partial charge in [0.15, 0.2) is 11.2 Å². The van der Waals surface area contributed by atoms with Crippen molar-refractivity contribution in [2.45, 2.75) is 0 Å². The second-order valence-electron chi connectivity index (χ2n) is 17.2. The van der Waals surface area contributed by atoms with Crippen LogP contribution < -0.4 is 4.90 Å². The van der Waals surface area contributed by atoms with Gasteiger partial charge in [0, 0.05) is 44.2 Å². The molecule has 4 aromatic heterocycles. The van der Waals surface area contributed by atoms with Gasteiger partial charge < -0.3 is 18.2 Å². The molecular weight excluding hydrogens is 821 g/mol. The summed E-state index contributed by atoms with van der Waals surface area (Å²) in [6, 6.07) is 81.1. The van der Waals surface area contributed by atoms with E-state index in [1.165, 1.54) is 5.56 Å². The molecule has 5 nitrogen and oxygen atoms in total. The van der Waals surface area contributed by atoms with Gasteiger partial charge in [-0.1, -0.05) is 164 Å². The molecule has 14 aromatic rings. The summed E-state index contributed by atoms with van der Waals surface area (Å²) in [5.41, 5.74) is 18.9. The number of hydrogen-bond donors (Lipinski definition) is 0. The van der Waals surface area contributed by atoms with Gasteiger partial charge in [0.05, 0.1) is 28.0 Å². The molecule has 67 heavy (non-hydrogen) atoms. The molecule has 0 N–H and O–H groups in total. The molecule has 14 rings (SSSR count). The van der Waals surface area contributed by atoms with Gasteiger partial charge in [-0.3, -0.25) is 4.40 Å². The van der Waals surface area contributed by atoms with E-state index in [4.69, 9.17) is 13.3 Å². The molecule has 0 bridgehead atoms. The third-order valence-electron chi connectivity index (χ3n) is 13.4. The average Bonchev–Trinajstić information content (AvgIpc) is 4.15. The predicted octanol–water partition coefficient (Wildman–Crippen LogP) is 17.8. The van der Waals surface area contributed by atoms with Gasteiger partial charge in [-0.15, -0.1) is 0 Å². The smallest absolute Gasteiger partial charge is 0.213 e. The standard InChI is InChI=1S/C62H38N2O3/c1-4-14-39(15-5-1)40-26-30-45(31-27-40)63(54-25-13-23-51-50-22-12-21-47(60(50)67-61(51)54)41-16-6-2-7-17-41)46-32-34-49-48-33-28-44(37-57(48)65-58(49)38-46)43-29-35-56-55(36-43)64-53-24-11-10-20-52(53)59(62(64)66-56)42-18-8-3-9-19-42/h1-38H. The molecule has 0 unspecified atom stereocenters. The Kier molecular flexibility index (Phi) is 8.21. The maximum atomic E-state index is 6.99. The average molecular weight is 859 g/mol.